The number of rotatable bonds is 10. The molecular formula is C18H31P. The van der Waals surface area contributed by atoms with Crippen molar-refractivity contribution < 1.29 is 0 Å². The molecule has 0 aromatic heterocycles. The van der Waals surface area contributed by atoms with Crippen LogP contribution in [0.1, 0.15) is 59.3 Å². The molecule has 2 atom stereocenters. The zero-order valence-corrected chi connectivity index (χ0v) is 14.0. The topological polar surface area (TPSA) is 0 Å². The average Bonchev–Trinajstić information content (AvgIpc) is 2.43. The Morgan fingerprint density at radius 2 is 1.68 bits per heavy atom. The second kappa shape index (κ2) is 10.4. The molecule has 1 aromatic carbocycles. The predicted molar refractivity (Wildman–Crippen MR) is 90.9 cm³/mol. The van der Waals surface area contributed by atoms with Gasteiger partial charge in [-0.25, -0.2) is 0 Å². The van der Waals surface area contributed by atoms with Gasteiger partial charge in [-0.1, -0.05) is 91.1 Å². The SMILES string of the molecule is CCCCCCP(CC(C)CCC)c1ccccc1. The van der Waals surface area contributed by atoms with E-state index in [0.29, 0.717) is 0 Å². The van der Waals surface area contributed by atoms with Crippen molar-refractivity contribution in [3.63, 3.8) is 0 Å². The fourth-order valence-corrected chi connectivity index (χ4v) is 5.44. The van der Waals surface area contributed by atoms with Crippen molar-refractivity contribution in [3.8, 4) is 0 Å². The average molecular weight is 278 g/mol. The van der Waals surface area contributed by atoms with Crippen LogP contribution in [-0.4, -0.2) is 12.3 Å². The second-order valence-electron chi connectivity index (χ2n) is 5.74. The number of hydrogen-bond acceptors (Lipinski definition) is 0. The van der Waals surface area contributed by atoms with Crippen molar-refractivity contribution in [1.29, 1.82) is 0 Å². The van der Waals surface area contributed by atoms with Crippen LogP contribution in [-0.2, 0) is 0 Å². The third-order valence-corrected chi connectivity index (χ3v) is 6.67. The summed E-state index contributed by atoms with van der Waals surface area (Å²) in [5.74, 6) is 0.891. The van der Waals surface area contributed by atoms with Crippen molar-refractivity contribution in [3.05, 3.63) is 30.3 Å². The van der Waals surface area contributed by atoms with Crippen LogP contribution in [0.4, 0.5) is 0 Å². The third-order valence-electron chi connectivity index (χ3n) is 3.72. The van der Waals surface area contributed by atoms with E-state index in [-0.39, 0.29) is 7.92 Å². The first-order valence-electron chi connectivity index (χ1n) is 8.07. The van der Waals surface area contributed by atoms with Gasteiger partial charge >= 0.3 is 0 Å². The normalized spacial score (nSPS) is 14.3. The third kappa shape index (κ3) is 7.11. The van der Waals surface area contributed by atoms with Crippen LogP contribution in [0.15, 0.2) is 30.3 Å². The van der Waals surface area contributed by atoms with Crippen LogP contribution in [0, 0.1) is 5.92 Å². The Labute approximate surface area is 121 Å². The lowest BCUT2D eigenvalue weighted by Crippen LogP contribution is -2.11. The van der Waals surface area contributed by atoms with Crippen LogP contribution in [0.25, 0.3) is 0 Å². The summed E-state index contributed by atoms with van der Waals surface area (Å²) < 4.78 is 0. The molecule has 0 bridgehead atoms. The van der Waals surface area contributed by atoms with Crippen LogP contribution in [0.3, 0.4) is 0 Å². The minimum absolute atomic E-state index is 0.0767. The Kier molecular flexibility index (Phi) is 9.18. The van der Waals surface area contributed by atoms with Gasteiger partial charge in [-0.05, 0) is 30.0 Å². The zero-order chi connectivity index (χ0) is 13.9. The minimum Gasteiger partial charge on any atom is -0.0751 e. The van der Waals surface area contributed by atoms with E-state index in [1.165, 1.54) is 50.8 Å². The largest absolute Gasteiger partial charge is 0.0751 e. The summed E-state index contributed by atoms with van der Waals surface area (Å²) in [6.45, 7) is 7.04. The molecule has 0 nitrogen and oxygen atoms in total. The molecule has 0 saturated heterocycles. The van der Waals surface area contributed by atoms with E-state index in [0.717, 1.165) is 5.92 Å². The molecule has 0 radical (unpaired) electrons. The van der Waals surface area contributed by atoms with Gasteiger partial charge in [0.15, 0.2) is 0 Å². The molecule has 0 heterocycles. The molecule has 0 aliphatic carbocycles. The highest BCUT2D eigenvalue weighted by Crippen LogP contribution is 2.38. The Hall–Kier alpha value is -0.350. The van der Waals surface area contributed by atoms with Gasteiger partial charge in [-0.2, -0.15) is 0 Å². The Balaban J connectivity index is 2.52. The Bertz CT molecular complexity index is 307. The highest BCUT2D eigenvalue weighted by atomic mass is 31.1. The first-order chi connectivity index (χ1) is 9.27. The molecule has 108 valence electrons. The van der Waals surface area contributed by atoms with Gasteiger partial charge in [0.25, 0.3) is 0 Å². The van der Waals surface area contributed by atoms with E-state index in [9.17, 15) is 0 Å². The lowest BCUT2D eigenvalue weighted by molar-refractivity contribution is 0.582. The van der Waals surface area contributed by atoms with Crippen LogP contribution < -0.4 is 5.30 Å². The molecule has 2 unspecified atom stereocenters. The molecule has 0 aliphatic heterocycles. The van der Waals surface area contributed by atoms with Gasteiger partial charge in [0.1, 0.15) is 0 Å². The first kappa shape index (κ1) is 16.7. The van der Waals surface area contributed by atoms with Crippen LogP contribution in [0.5, 0.6) is 0 Å². The van der Waals surface area contributed by atoms with Gasteiger partial charge in [0, 0.05) is 0 Å². The Morgan fingerprint density at radius 1 is 0.947 bits per heavy atom. The van der Waals surface area contributed by atoms with E-state index in [2.05, 4.69) is 51.1 Å². The van der Waals surface area contributed by atoms with E-state index < -0.39 is 0 Å². The monoisotopic (exact) mass is 278 g/mol. The zero-order valence-electron chi connectivity index (χ0n) is 13.1. The number of benzene rings is 1. The van der Waals surface area contributed by atoms with Crippen molar-refractivity contribution in [2.24, 2.45) is 5.92 Å². The van der Waals surface area contributed by atoms with Gasteiger partial charge in [0.05, 0.1) is 0 Å². The van der Waals surface area contributed by atoms with Gasteiger partial charge < -0.3 is 0 Å². The Morgan fingerprint density at radius 3 is 2.32 bits per heavy atom. The molecule has 19 heavy (non-hydrogen) atoms. The van der Waals surface area contributed by atoms with Gasteiger partial charge in [-0.3, -0.25) is 0 Å². The maximum atomic E-state index is 2.44. The first-order valence-corrected chi connectivity index (χ1v) is 9.79. The lowest BCUT2D eigenvalue weighted by Gasteiger charge is -2.22. The smallest absolute Gasteiger partial charge is 0.0240 e. The van der Waals surface area contributed by atoms with Crippen LogP contribution in [0.2, 0.25) is 0 Å². The second-order valence-corrected chi connectivity index (χ2v) is 8.14. The molecule has 1 heteroatoms. The summed E-state index contributed by atoms with van der Waals surface area (Å²) in [6.07, 6.45) is 11.2. The molecule has 0 amide bonds. The summed E-state index contributed by atoms with van der Waals surface area (Å²) in [7, 11) is 0.0767. The van der Waals surface area contributed by atoms with Crippen LogP contribution >= 0.6 is 7.92 Å². The number of hydrogen-bond donors (Lipinski definition) is 0. The molecule has 1 rings (SSSR count). The van der Waals surface area contributed by atoms with Crippen molar-refractivity contribution in [2.45, 2.75) is 59.3 Å². The molecule has 0 fully saturated rings. The molecule has 1 aromatic rings. The van der Waals surface area contributed by atoms with E-state index in [1.807, 2.05) is 0 Å². The van der Waals surface area contributed by atoms with E-state index in [1.54, 1.807) is 5.30 Å². The van der Waals surface area contributed by atoms with Crippen molar-refractivity contribution in [2.75, 3.05) is 12.3 Å². The summed E-state index contributed by atoms with van der Waals surface area (Å²) in [6, 6.07) is 11.3. The standard InChI is InChI=1S/C18H31P/c1-4-6-7-11-15-19(16-17(3)12-5-2)18-13-9-8-10-14-18/h8-10,13-14,17H,4-7,11-12,15-16H2,1-3H3. The quantitative estimate of drug-likeness (QED) is 0.374. The minimum atomic E-state index is 0.0767. The molecule has 0 saturated carbocycles. The highest BCUT2D eigenvalue weighted by molar-refractivity contribution is 7.65. The van der Waals surface area contributed by atoms with Gasteiger partial charge in [0.2, 0.25) is 0 Å². The molecular weight excluding hydrogens is 247 g/mol. The predicted octanol–water partition coefficient (Wildman–Crippen LogP) is 5.81. The van der Waals surface area contributed by atoms with Crippen molar-refractivity contribution in [1.82, 2.24) is 0 Å². The molecule has 0 spiro atoms. The summed E-state index contributed by atoms with van der Waals surface area (Å²) >= 11 is 0. The van der Waals surface area contributed by atoms with E-state index in [4.69, 9.17) is 0 Å². The summed E-state index contributed by atoms with van der Waals surface area (Å²) in [4.78, 5) is 0. The molecule has 0 aliphatic rings. The summed E-state index contributed by atoms with van der Waals surface area (Å²) in [5.41, 5.74) is 0. The maximum absolute atomic E-state index is 2.44. The highest BCUT2D eigenvalue weighted by Gasteiger charge is 2.14. The summed E-state index contributed by atoms with van der Waals surface area (Å²) in [5, 5.41) is 1.62. The van der Waals surface area contributed by atoms with E-state index >= 15 is 0 Å². The lowest BCUT2D eigenvalue weighted by atomic mass is 10.1. The number of unbranched alkanes of at least 4 members (excludes halogenated alkanes) is 3. The maximum Gasteiger partial charge on any atom is -0.0240 e. The van der Waals surface area contributed by atoms with Gasteiger partial charge in [-0.15, -0.1) is 0 Å². The molecule has 0 N–H and O–H groups in total. The van der Waals surface area contributed by atoms with Crippen molar-refractivity contribution >= 4 is 13.2 Å². The fourth-order valence-electron chi connectivity index (χ4n) is 2.65. The fraction of sp³-hybridized carbons (Fsp3) is 0.667.